The molecule has 1 aromatic carbocycles. The second-order valence-corrected chi connectivity index (χ2v) is 7.79. The second-order valence-electron chi connectivity index (χ2n) is 7.79. The summed E-state index contributed by atoms with van der Waals surface area (Å²) in [4.78, 5) is 47.5. The molecule has 1 saturated carbocycles. The number of carbonyl (C=O) groups is 3. The van der Waals surface area contributed by atoms with Gasteiger partial charge in [0.05, 0.1) is 23.7 Å². The van der Waals surface area contributed by atoms with Crippen LogP contribution in [0, 0.1) is 27.4 Å². The molecule has 2 rings (SSSR count). The molecule has 9 heteroatoms. The van der Waals surface area contributed by atoms with E-state index in [9.17, 15) is 29.6 Å². The van der Waals surface area contributed by atoms with Crippen LogP contribution in [0.4, 0.5) is 5.69 Å². The molecule has 0 bridgehead atoms. The molecule has 0 amide bonds. The van der Waals surface area contributed by atoms with Crippen molar-refractivity contribution in [2.75, 3.05) is 7.11 Å². The van der Waals surface area contributed by atoms with E-state index in [2.05, 4.69) is 0 Å². The highest BCUT2D eigenvalue weighted by Crippen LogP contribution is 2.51. The van der Waals surface area contributed by atoms with Gasteiger partial charge in [-0.05, 0) is 26.0 Å². The molecule has 0 spiro atoms. The van der Waals surface area contributed by atoms with E-state index in [4.69, 9.17) is 9.47 Å². The number of nitro groups is 1. The normalized spacial score (nSPS) is 25.5. The molecule has 0 heterocycles. The summed E-state index contributed by atoms with van der Waals surface area (Å²) in [6, 6.07) is 4.84. The van der Waals surface area contributed by atoms with E-state index in [1.165, 1.54) is 44.4 Å². The quantitative estimate of drug-likeness (QED) is 0.322. The summed E-state index contributed by atoms with van der Waals surface area (Å²) in [7, 11) is 1.20. The van der Waals surface area contributed by atoms with Gasteiger partial charge in [-0.25, -0.2) is 9.59 Å². The van der Waals surface area contributed by atoms with Gasteiger partial charge in [-0.1, -0.05) is 19.9 Å². The number of allylic oxidation sites excluding steroid dienone is 1. The number of non-ortho nitro benzene ring substituents is 1. The molecule has 0 unspecified atom stereocenters. The topological polar surface area (TPSA) is 133 Å². The van der Waals surface area contributed by atoms with Crippen molar-refractivity contribution in [3.63, 3.8) is 0 Å². The van der Waals surface area contributed by atoms with Crippen molar-refractivity contribution in [2.24, 2.45) is 17.3 Å². The highest BCUT2D eigenvalue weighted by molar-refractivity contribution is 5.92. The number of benzene rings is 1. The molecule has 1 fully saturated rings. The highest BCUT2D eigenvalue weighted by atomic mass is 16.6. The van der Waals surface area contributed by atoms with Crippen molar-refractivity contribution in [1.29, 1.82) is 0 Å². The molecule has 1 aliphatic carbocycles. The third kappa shape index (κ3) is 4.11. The number of carbonyl (C=O) groups excluding carboxylic acids is 3. The van der Waals surface area contributed by atoms with E-state index in [0.29, 0.717) is 0 Å². The van der Waals surface area contributed by atoms with Gasteiger partial charge in [-0.3, -0.25) is 14.9 Å². The van der Waals surface area contributed by atoms with E-state index in [1.54, 1.807) is 20.8 Å². The number of ether oxygens (including phenoxy) is 2. The molecule has 0 aromatic heterocycles. The van der Waals surface area contributed by atoms with Gasteiger partial charge in [0.25, 0.3) is 5.69 Å². The van der Waals surface area contributed by atoms with Crippen molar-refractivity contribution in [2.45, 2.75) is 39.9 Å². The predicted octanol–water partition coefficient (Wildman–Crippen LogP) is 2.46. The van der Waals surface area contributed by atoms with Gasteiger partial charge in [-0.15, -0.1) is 0 Å². The number of methoxy groups -OCH3 is 1. The summed E-state index contributed by atoms with van der Waals surface area (Å²) in [5.74, 6) is -3.45. The number of aliphatic hydroxyl groups excluding tert-OH is 1. The molecule has 9 nitrogen and oxygen atoms in total. The molecular weight excluding hydrogens is 394 g/mol. The number of hydrogen-bond donors (Lipinski definition) is 1. The fourth-order valence-corrected chi connectivity index (χ4v) is 4.29. The van der Waals surface area contributed by atoms with E-state index in [0.717, 1.165) is 0 Å². The van der Waals surface area contributed by atoms with E-state index in [-0.39, 0.29) is 22.6 Å². The van der Waals surface area contributed by atoms with Crippen LogP contribution < -0.4 is 0 Å². The number of rotatable bonds is 6. The standard InChI is InChI=1S/C21H25NO8/c1-6-14(20(26)29-5)15-16(11(2)23)21(3,4)18(17(15)24)30-19(25)12-7-9-13(10-8-12)22(27)28/h6-10,15-18,24H,1-5H3/b14-6+/t15-,16+,17+,18+/m1/s1. The van der Waals surface area contributed by atoms with E-state index >= 15 is 0 Å². The maximum absolute atomic E-state index is 12.6. The Kier molecular flexibility index (Phi) is 6.77. The number of Topliss-reactive ketones (excluding diaryl/α,β-unsaturated/α-hetero) is 1. The van der Waals surface area contributed by atoms with Crippen LogP contribution in [0.1, 0.15) is 38.1 Å². The molecule has 30 heavy (non-hydrogen) atoms. The lowest BCUT2D eigenvalue weighted by Crippen LogP contribution is -2.39. The largest absolute Gasteiger partial charge is 0.466 e. The van der Waals surface area contributed by atoms with Crippen LogP contribution in [0.25, 0.3) is 0 Å². The third-order valence-electron chi connectivity index (χ3n) is 5.65. The minimum absolute atomic E-state index is 0.0608. The first-order valence-electron chi connectivity index (χ1n) is 9.35. The number of aliphatic hydroxyl groups is 1. The monoisotopic (exact) mass is 419 g/mol. The van der Waals surface area contributed by atoms with Crippen LogP contribution in [0.15, 0.2) is 35.9 Å². The van der Waals surface area contributed by atoms with Crippen LogP contribution in [-0.4, -0.2) is 47.1 Å². The molecule has 1 aromatic rings. The molecule has 162 valence electrons. The van der Waals surface area contributed by atoms with Crippen molar-refractivity contribution >= 4 is 23.4 Å². The Balaban J connectivity index is 2.39. The average molecular weight is 419 g/mol. The van der Waals surface area contributed by atoms with E-state index in [1.807, 2.05) is 0 Å². The first-order chi connectivity index (χ1) is 14.0. The van der Waals surface area contributed by atoms with Crippen LogP contribution in [-0.2, 0) is 19.1 Å². The van der Waals surface area contributed by atoms with Crippen molar-refractivity contribution in [1.82, 2.24) is 0 Å². The lowest BCUT2D eigenvalue weighted by molar-refractivity contribution is -0.384. The first-order valence-corrected chi connectivity index (χ1v) is 9.35. The predicted molar refractivity (Wildman–Crippen MR) is 106 cm³/mol. The Morgan fingerprint density at radius 2 is 1.77 bits per heavy atom. The lowest BCUT2D eigenvalue weighted by atomic mass is 9.73. The van der Waals surface area contributed by atoms with Gasteiger partial charge in [0.1, 0.15) is 11.9 Å². The number of esters is 2. The summed E-state index contributed by atoms with van der Waals surface area (Å²) >= 11 is 0. The third-order valence-corrected chi connectivity index (χ3v) is 5.65. The maximum atomic E-state index is 12.6. The number of ketones is 1. The van der Waals surface area contributed by atoms with E-state index < -0.39 is 46.3 Å². The summed E-state index contributed by atoms with van der Waals surface area (Å²) in [6.45, 7) is 6.32. The fourth-order valence-electron chi connectivity index (χ4n) is 4.29. The molecule has 4 atom stereocenters. The summed E-state index contributed by atoms with van der Waals surface area (Å²) in [6.07, 6.45) is -0.952. The number of nitro benzene ring substituents is 1. The summed E-state index contributed by atoms with van der Waals surface area (Å²) in [5.41, 5.74) is -0.979. The Bertz CT molecular complexity index is 887. The van der Waals surface area contributed by atoms with Gasteiger partial charge in [0.2, 0.25) is 0 Å². The molecule has 1 aliphatic rings. The average Bonchev–Trinajstić information content (AvgIpc) is 2.88. The smallest absolute Gasteiger partial charge is 0.338 e. The van der Waals surface area contributed by atoms with Gasteiger partial charge in [-0.2, -0.15) is 0 Å². The van der Waals surface area contributed by atoms with Crippen molar-refractivity contribution in [3.8, 4) is 0 Å². The lowest BCUT2D eigenvalue weighted by Gasteiger charge is -2.32. The Hall–Kier alpha value is -3.07. The maximum Gasteiger partial charge on any atom is 0.338 e. The number of nitrogens with zero attached hydrogens (tertiary/aromatic N) is 1. The van der Waals surface area contributed by atoms with Crippen LogP contribution >= 0.6 is 0 Å². The minimum Gasteiger partial charge on any atom is -0.466 e. The van der Waals surface area contributed by atoms with Gasteiger partial charge >= 0.3 is 11.9 Å². The zero-order valence-electron chi connectivity index (χ0n) is 17.4. The minimum atomic E-state index is -1.33. The SMILES string of the molecule is C/C=C(/C(=O)OC)[C@H]1[C@H](O)[C@H](OC(=O)c2ccc([N+](=O)[O-])cc2)C(C)(C)[C@H]1C(C)=O. The zero-order chi connectivity index (χ0) is 22.8. The zero-order valence-corrected chi connectivity index (χ0v) is 17.4. The Morgan fingerprint density at radius 1 is 1.20 bits per heavy atom. The second kappa shape index (κ2) is 8.74. The van der Waals surface area contributed by atoms with Gasteiger partial charge in [0, 0.05) is 35.0 Å². The van der Waals surface area contributed by atoms with Crippen LogP contribution in [0.5, 0.6) is 0 Å². The van der Waals surface area contributed by atoms with Crippen LogP contribution in [0.2, 0.25) is 0 Å². The fraction of sp³-hybridized carbons (Fsp3) is 0.476. The van der Waals surface area contributed by atoms with Gasteiger partial charge < -0.3 is 14.6 Å². The Labute approximate surface area is 173 Å². The first kappa shape index (κ1) is 23.2. The number of hydrogen-bond acceptors (Lipinski definition) is 8. The van der Waals surface area contributed by atoms with Crippen LogP contribution in [0.3, 0.4) is 0 Å². The van der Waals surface area contributed by atoms with Crippen molar-refractivity contribution < 1.29 is 33.9 Å². The molecule has 1 N–H and O–H groups in total. The Morgan fingerprint density at radius 3 is 2.20 bits per heavy atom. The molecule has 0 aliphatic heterocycles. The van der Waals surface area contributed by atoms with Gasteiger partial charge in [0.15, 0.2) is 0 Å². The molecular formula is C21H25NO8. The summed E-state index contributed by atoms with van der Waals surface area (Å²) in [5, 5.41) is 21.8. The summed E-state index contributed by atoms with van der Waals surface area (Å²) < 4.78 is 10.3. The highest BCUT2D eigenvalue weighted by Gasteiger charge is 2.60. The molecule has 0 radical (unpaired) electrons. The van der Waals surface area contributed by atoms with Crippen molar-refractivity contribution in [3.05, 3.63) is 51.6 Å². The molecule has 0 saturated heterocycles.